The molecule has 2 unspecified atom stereocenters. The van der Waals surface area contributed by atoms with Crippen LogP contribution >= 0.6 is 0 Å². The van der Waals surface area contributed by atoms with Crippen molar-refractivity contribution in [2.24, 2.45) is 11.7 Å². The molecule has 1 heterocycles. The van der Waals surface area contributed by atoms with Gasteiger partial charge in [-0.15, -0.1) is 0 Å². The molecule has 0 saturated carbocycles. The predicted octanol–water partition coefficient (Wildman–Crippen LogP) is 2.99. The van der Waals surface area contributed by atoms with E-state index in [2.05, 4.69) is 11.8 Å². The lowest BCUT2D eigenvalue weighted by molar-refractivity contribution is 0.163. The topological polar surface area (TPSA) is 29.3 Å². The molecule has 0 bridgehead atoms. The Morgan fingerprint density at radius 3 is 2.79 bits per heavy atom. The lowest BCUT2D eigenvalue weighted by Gasteiger charge is -2.34. The molecule has 2 atom stereocenters. The van der Waals surface area contributed by atoms with E-state index >= 15 is 0 Å². The van der Waals surface area contributed by atoms with Crippen molar-refractivity contribution in [1.29, 1.82) is 0 Å². The fourth-order valence-electron chi connectivity index (χ4n) is 3.07. The quantitative estimate of drug-likeness (QED) is 0.886. The van der Waals surface area contributed by atoms with E-state index in [9.17, 15) is 4.39 Å². The van der Waals surface area contributed by atoms with Gasteiger partial charge in [-0.3, -0.25) is 0 Å². The molecular formula is C16H25FN2. The lowest BCUT2D eigenvalue weighted by Crippen LogP contribution is -2.38. The minimum atomic E-state index is -0.156. The average Bonchev–Trinajstić information content (AvgIpc) is 2.40. The monoisotopic (exact) mass is 264 g/mol. The zero-order valence-corrected chi connectivity index (χ0v) is 11.8. The minimum Gasteiger partial charge on any atom is -0.330 e. The fourth-order valence-corrected chi connectivity index (χ4v) is 3.07. The number of benzene rings is 1. The van der Waals surface area contributed by atoms with Gasteiger partial charge in [0.15, 0.2) is 0 Å². The number of nitrogens with zero attached hydrogens (tertiary/aromatic N) is 1. The zero-order chi connectivity index (χ0) is 13.7. The summed E-state index contributed by atoms with van der Waals surface area (Å²) in [5.74, 6) is 1.06. The highest BCUT2D eigenvalue weighted by Crippen LogP contribution is 2.23. The molecule has 0 radical (unpaired) electrons. The molecule has 19 heavy (non-hydrogen) atoms. The van der Waals surface area contributed by atoms with Crippen molar-refractivity contribution in [2.45, 2.75) is 32.1 Å². The molecule has 2 nitrogen and oxygen atoms in total. The van der Waals surface area contributed by atoms with Gasteiger partial charge < -0.3 is 10.6 Å². The van der Waals surface area contributed by atoms with E-state index < -0.39 is 0 Å². The van der Waals surface area contributed by atoms with Gasteiger partial charge in [-0.25, -0.2) is 4.39 Å². The molecule has 1 aromatic carbocycles. The summed E-state index contributed by atoms with van der Waals surface area (Å²) in [6.07, 6.45) is 3.74. The third kappa shape index (κ3) is 4.29. The molecular weight excluding hydrogens is 239 g/mol. The summed E-state index contributed by atoms with van der Waals surface area (Å²) in [6, 6.07) is 6.92. The summed E-state index contributed by atoms with van der Waals surface area (Å²) in [7, 11) is 0. The molecule has 3 heteroatoms. The van der Waals surface area contributed by atoms with Crippen molar-refractivity contribution in [2.75, 3.05) is 26.2 Å². The summed E-state index contributed by atoms with van der Waals surface area (Å²) >= 11 is 0. The molecule has 0 aromatic heterocycles. The van der Waals surface area contributed by atoms with Crippen molar-refractivity contribution < 1.29 is 4.39 Å². The highest BCUT2D eigenvalue weighted by Gasteiger charge is 2.20. The highest BCUT2D eigenvalue weighted by atomic mass is 19.1. The number of likely N-dealkylation sites (tertiary alicyclic amines) is 1. The van der Waals surface area contributed by atoms with Crippen LogP contribution in [0.5, 0.6) is 0 Å². The van der Waals surface area contributed by atoms with Crippen molar-refractivity contribution >= 4 is 0 Å². The van der Waals surface area contributed by atoms with Gasteiger partial charge in [-0.2, -0.15) is 0 Å². The van der Waals surface area contributed by atoms with Crippen LogP contribution in [0.25, 0.3) is 0 Å². The third-order valence-corrected chi connectivity index (χ3v) is 4.15. The Morgan fingerprint density at radius 1 is 1.37 bits per heavy atom. The SMILES string of the molecule is CC(CN1CCCC(CCN)C1)c1ccc(F)cc1. The van der Waals surface area contributed by atoms with Crippen LogP contribution in [0.2, 0.25) is 0 Å². The summed E-state index contributed by atoms with van der Waals surface area (Å²) in [4.78, 5) is 2.54. The molecule has 2 N–H and O–H groups in total. The second-order valence-electron chi connectivity index (χ2n) is 5.80. The molecule has 1 saturated heterocycles. The third-order valence-electron chi connectivity index (χ3n) is 4.15. The number of hydrogen-bond donors (Lipinski definition) is 1. The Balaban J connectivity index is 1.87. The maximum Gasteiger partial charge on any atom is 0.123 e. The Bertz CT molecular complexity index is 375. The van der Waals surface area contributed by atoms with Crippen LogP contribution in [-0.2, 0) is 0 Å². The smallest absolute Gasteiger partial charge is 0.123 e. The van der Waals surface area contributed by atoms with E-state index in [4.69, 9.17) is 5.73 Å². The summed E-state index contributed by atoms with van der Waals surface area (Å²) in [5, 5.41) is 0. The first kappa shape index (κ1) is 14.5. The largest absolute Gasteiger partial charge is 0.330 e. The van der Waals surface area contributed by atoms with Crippen molar-refractivity contribution in [3.05, 3.63) is 35.6 Å². The minimum absolute atomic E-state index is 0.156. The summed E-state index contributed by atoms with van der Waals surface area (Å²) in [6.45, 7) is 6.44. The van der Waals surface area contributed by atoms with Gasteiger partial charge >= 0.3 is 0 Å². The molecule has 2 rings (SSSR count). The van der Waals surface area contributed by atoms with E-state index in [1.807, 2.05) is 12.1 Å². The van der Waals surface area contributed by atoms with Gasteiger partial charge in [-0.05, 0) is 61.9 Å². The van der Waals surface area contributed by atoms with Gasteiger partial charge in [0.25, 0.3) is 0 Å². The standard InChI is InChI=1S/C16H25FN2/c1-13(15-4-6-16(17)7-5-15)11-19-10-2-3-14(12-19)8-9-18/h4-7,13-14H,2-3,8-12,18H2,1H3. The first-order valence-electron chi connectivity index (χ1n) is 7.37. The van der Waals surface area contributed by atoms with Gasteiger partial charge in [0, 0.05) is 13.1 Å². The van der Waals surface area contributed by atoms with E-state index in [-0.39, 0.29) is 5.82 Å². The normalized spacial score (nSPS) is 22.4. The Labute approximate surface area is 115 Å². The molecule has 1 aromatic rings. The Hall–Kier alpha value is -0.930. The fraction of sp³-hybridized carbons (Fsp3) is 0.625. The Kier molecular flexibility index (Phi) is 5.34. The number of halogens is 1. The maximum atomic E-state index is 12.9. The first-order valence-corrected chi connectivity index (χ1v) is 7.37. The zero-order valence-electron chi connectivity index (χ0n) is 11.8. The van der Waals surface area contributed by atoms with Crippen LogP contribution in [-0.4, -0.2) is 31.1 Å². The maximum absolute atomic E-state index is 12.9. The number of rotatable bonds is 5. The Morgan fingerprint density at radius 2 is 2.11 bits per heavy atom. The van der Waals surface area contributed by atoms with Gasteiger partial charge in [0.1, 0.15) is 5.82 Å². The highest BCUT2D eigenvalue weighted by molar-refractivity contribution is 5.20. The molecule has 0 aliphatic carbocycles. The molecule has 1 aliphatic heterocycles. The second-order valence-corrected chi connectivity index (χ2v) is 5.80. The van der Waals surface area contributed by atoms with E-state index in [1.165, 1.54) is 31.5 Å². The van der Waals surface area contributed by atoms with E-state index in [0.717, 1.165) is 25.4 Å². The van der Waals surface area contributed by atoms with Crippen LogP contribution < -0.4 is 5.73 Å². The summed E-state index contributed by atoms with van der Waals surface area (Å²) in [5.41, 5.74) is 6.88. The number of hydrogen-bond acceptors (Lipinski definition) is 2. The van der Waals surface area contributed by atoms with Crippen LogP contribution in [0, 0.1) is 11.7 Å². The second kappa shape index (κ2) is 7.01. The van der Waals surface area contributed by atoms with Gasteiger partial charge in [0.2, 0.25) is 0 Å². The number of nitrogens with two attached hydrogens (primary N) is 1. The van der Waals surface area contributed by atoms with Crippen molar-refractivity contribution in [3.8, 4) is 0 Å². The lowest BCUT2D eigenvalue weighted by atomic mass is 9.93. The van der Waals surface area contributed by atoms with Crippen LogP contribution in [0.3, 0.4) is 0 Å². The van der Waals surface area contributed by atoms with Crippen molar-refractivity contribution in [3.63, 3.8) is 0 Å². The molecule has 0 spiro atoms. The predicted molar refractivity (Wildman–Crippen MR) is 77.7 cm³/mol. The molecule has 1 aliphatic rings. The average molecular weight is 264 g/mol. The number of piperidine rings is 1. The van der Waals surface area contributed by atoms with Crippen LogP contribution in [0.4, 0.5) is 4.39 Å². The van der Waals surface area contributed by atoms with Crippen LogP contribution in [0.1, 0.15) is 37.7 Å². The van der Waals surface area contributed by atoms with E-state index in [1.54, 1.807) is 12.1 Å². The molecule has 1 fully saturated rings. The van der Waals surface area contributed by atoms with Gasteiger partial charge in [0.05, 0.1) is 0 Å². The first-order chi connectivity index (χ1) is 9.19. The summed E-state index contributed by atoms with van der Waals surface area (Å²) < 4.78 is 12.9. The van der Waals surface area contributed by atoms with Crippen LogP contribution in [0.15, 0.2) is 24.3 Å². The van der Waals surface area contributed by atoms with E-state index in [0.29, 0.717) is 5.92 Å². The molecule has 0 amide bonds. The van der Waals surface area contributed by atoms with Crippen molar-refractivity contribution in [1.82, 2.24) is 4.90 Å². The molecule has 106 valence electrons. The van der Waals surface area contributed by atoms with Gasteiger partial charge in [-0.1, -0.05) is 19.1 Å².